The first-order chi connectivity index (χ1) is 11.5. The van der Waals surface area contributed by atoms with Crippen LogP contribution < -0.4 is 5.32 Å². The molecule has 1 aromatic carbocycles. The number of nitrogens with one attached hydrogen (secondary N) is 1. The van der Waals surface area contributed by atoms with E-state index in [2.05, 4.69) is 5.32 Å². The highest BCUT2D eigenvalue weighted by Gasteiger charge is 2.23. The van der Waals surface area contributed by atoms with Crippen molar-refractivity contribution in [2.45, 2.75) is 46.3 Å². The first kappa shape index (κ1) is 18.8. The predicted octanol–water partition coefficient (Wildman–Crippen LogP) is 3.87. The summed E-state index contributed by atoms with van der Waals surface area (Å²) in [6, 6.07) is 3.90. The van der Waals surface area contributed by atoms with Gasteiger partial charge in [0.1, 0.15) is 17.1 Å². The number of aryl methyl sites for hydroxylation is 1. The van der Waals surface area contributed by atoms with Crippen LogP contribution in [0.1, 0.15) is 49.8 Å². The number of fused-ring (bicyclic) bond motifs is 1. The van der Waals surface area contributed by atoms with E-state index in [1.54, 1.807) is 40.7 Å². The molecule has 2 rings (SSSR count). The SMILES string of the molecule is Cc1ccc(F)c2c1cc(C(=O)O)n2[C@H](C)CNC(=O)OC(C)(C)C. The normalized spacial score (nSPS) is 12.9. The van der Waals surface area contributed by atoms with Crippen LogP contribution in [-0.4, -0.2) is 33.9 Å². The van der Waals surface area contributed by atoms with Crippen LogP contribution in [-0.2, 0) is 4.74 Å². The maximum atomic E-state index is 14.4. The highest BCUT2D eigenvalue weighted by atomic mass is 19.1. The van der Waals surface area contributed by atoms with Gasteiger partial charge in [0.2, 0.25) is 0 Å². The summed E-state index contributed by atoms with van der Waals surface area (Å²) in [5.41, 5.74) is 0.339. The average Bonchev–Trinajstić information content (AvgIpc) is 2.89. The zero-order valence-corrected chi connectivity index (χ0v) is 15.0. The highest BCUT2D eigenvalue weighted by Crippen LogP contribution is 2.29. The van der Waals surface area contributed by atoms with Crippen molar-refractivity contribution in [2.75, 3.05) is 6.54 Å². The maximum absolute atomic E-state index is 14.4. The molecule has 0 unspecified atom stereocenters. The van der Waals surface area contributed by atoms with E-state index in [1.165, 1.54) is 16.7 Å². The summed E-state index contributed by atoms with van der Waals surface area (Å²) in [6.45, 7) is 8.85. The molecule has 2 N–H and O–H groups in total. The van der Waals surface area contributed by atoms with Crippen molar-refractivity contribution < 1.29 is 23.8 Å². The quantitative estimate of drug-likeness (QED) is 0.877. The monoisotopic (exact) mass is 350 g/mol. The zero-order valence-electron chi connectivity index (χ0n) is 15.0. The molecule has 0 bridgehead atoms. The Morgan fingerprint density at radius 2 is 2.00 bits per heavy atom. The number of rotatable bonds is 4. The molecule has 7 heteroatoms. The molecule has 0 radical (unpaired) electrons. The van der Waals surface area contributed by atoms with Gasteiger partial charge in [0, 0.05) is 18.0 Å². The number of carboxylic acid groups (broad SMARTS) is 1. The number of alkyl carbamates (subject to hydrolysis) is 1. The van der Waals surface area contributed by atoms with Gasteiger partial charge in [0.25, 0.3) is 0 Å². The molecule has 136 valence electrons. The summed E-state index contributed by atoms with van der Waals surface area (Å²) in [5, 5.41) is 12.6. The van der Waals surface area contributed by atoms with Crippen molar-refractivity contribution in [1.29, 1.82) is 0 Å². The Morgan fingerprint density at radius 3 is 2.56 bits per heavy atom. The molecule has 0 aliphatic carbocycles. The summed E-state index contributed by atoms with van der Waals surface area (Å²) in [6.07, 6.45) is -0.607. The van der Waals surface area contributed by atoms with Gasteiger partial charge in [-0.25, -0.2) is 14.0 Å². The standard InChI is InChI=1S/C18H23FN2O4/c1-10-6-7-13(19)15-12(10)8-14(16(22)23)21(15)11(2)9-20-17(24)25-18(3,4)5/h6-8,11H,9H2,1-5H3,(H,20,24)(H,22,23)/t11-/m1/s1. The number of benzene rings is 1. The number of carboxylic acids is 1. The Bertz CT molecular complexity index is 821. The molecular weight excluding hydrogens is 327 g/mol. The van der Waals surface area contributed by atoms with Crippen molar-refractivity contribution in [3.63, 3.8) is 0 Å². The molecule has 2 aromatic rings. The topological polar surface area (TPSA) is 80.6 Å². The van der Waals surface area contributed by atoms with E-state index in [0.29, 0.717) is 5.39 Å². The van der Waals surface area contributed by atoms with Crippen LogP contribution in [0, 0.1) is 12.7 Å². The molecule has 1 atom stereocenters. The lowest BCUT2D eigenvalue weighted by Gasteiger charge is -2.22. The number of carbonyl (C=O) groups excluding carboxylic acids is 1. The summed E-state index contributed by atoms with van der Waals surface area (Å²) in [5.74, 6) is -1.66. The van der Waals surface area contributed by atoms with Crippen LogP contribution >= 0.6 is 0 Å². The van der Waals surface area contributed by atoms with E-state index >= 15 is 0 Å². The number of aromatic nitrogens is 1. The number of carbonyl (C=O) groups is 2. The number of amides is 1. The largest absolute Gasteiger partial charge is 0.477 e. The van der Waals surface area contributed by atoms with Gasteiger partial charge in [-0.3, -0.25) is 0 Å². The lowest BCUT2D eigenvalue weighted by molar-refractivity contribution is 0.0521. The van der Waals surface area contributed by atoms with Crippen LogP contribution in [0.3, 0.4) is 0 Å². The number of nitrogens with zero attached hydrogens (tertiary/aromatic N) is 1. The fourth-order valence-corrected chi connectivity index (χ4v) is 2.70. The Hall–Kier alpha value is -2.57. The fraction of sp³-hybridized carbons (Fsp3) is 0.444. The molecule has 0 spiro atoms. The first-order valence-corrected chi connectivity index (χ1v) is 8.01. The molecule has 0 saturated carbocycles. The summed E-state index contributed by atoms with van der Waals surface area (Å²) in [4.78, 5) is 23.4. The Kier molecular flexibility index (Phi) is 5.06. The smallest absolute Gasteiger partial charge is 0.407 e. The highest BCUT2D eigenvalue weighted by molar-refractivity contribution is 5.96. The van der Waals surface area contributed by atoms with Gasteiger partial charge in [-0.1, -0.05) is 6.07 Å². The van der Waals surface area contributed by atoms with Gasteiger partial charge in [0.05, 0.1) is 5.52 Å². The third-order valence-corrected chi connectivity index (χ3v) is 3.77. The van der Waals surface area contributed by atoms with Crippen molar-refractivity contribution >= 4 is 23.0 Å². The molecule has 6 nitrogen and oxygen atoms in total. The van der Waals surface area contributed by atoms with E-state index in [9.17, 15) is 19.1 Å². The minimum Gasteiger partial charge on any atom is -0.477 e. The van der Waals surface area contributed by atoms with Crippen LogP contribution in [0.15, 0.2) is 18.2 Å². The number of hydrogen-bond acceptors (Lipinski definition) is 3. The third-order valence-electron chi connectivity index (χ3n) is 3.77. The molecule has 1 amide bonds. The molecule has 1 heterocycles. The summed E-state index contributed by atoms with van der Waals surface area (Å²) in [7, 11) is 0. The van der Waals surface area contributed by atoms with Crippen LogP contribution in [0.5, 0.6) is 0 Å². The second kappa shape index (κ2) is 6.74. The second-order valence-corrected chi connectivity index (χ2v) is 7.06. The van der Waals surface area contributed by atoms with Gasteiger partial charge in [-0.05, 0) is 52.3 Å². The molecule has 0 aliphatic heterocycles. The molecule has 0 aliphatic rings. The van der Waals surface area contributed by atoms with Gasteiger partial charge in [0.15, 0.2) is 0 Å². The van der Waals surface area contributed by atoms with E-state index in [-0.39, 0.29) is 17.8 Å². The summed E-state index contributed by atoms with van der Waals surface area (Å²) < 4.78 is 20.9. The lowest BCUT2D eigenvalue weighted by atomic mass is 10.1. The predicted molar refractivity (Wildman–Crippen MR) is 92.5 cm³/mol. The van der Waals surface area contributed by atoms with Gasteiger partial charge >= 0.3 is 12.1 Å². The van der Waals surface area contributed by atoms with Gasteiger partial charge in [-0.15, -0.1) is 0 Å². The lowest BCUT2D eigenvalue weighted by Crippen LogP contribution is -2.35. The molecule has 0 fully saturated rings. The van der Waals surface area contributed by atoms with Crippen molar-refractivity contribution in [1.82, 2.24) is 9.88 Å². The van der Waals surface area contributed by atoms with E-state index in [4.69, 9.17) is 4.74 Å². The van der Waals surface area contributed by atoms with Crippen molar-refractivity contribution in [3.8, 4) is 0 Å². The summed E-state index contributed by atoms with van der Waals surface area (Å²) >= 11 is 0. The number of ether oxygens (including phenoxy) is 1. The fourth-order valence-electron chi connectivity index (χ4n) is 2.70. The molecule has 1 aromatic heterocycles. The first-order valence-electron chi connectivity index (χ1n) is 8.01. The van der Waals surface area contributed by atoms with Gasteiger partial charge in [-0.2, -0.15) is 0 Å². The zero-order chi connectivity index (χ0) is 18.9. The molecule has 25 heavy (non-hydrogen) atoms. The molecule has 0 saturated heterocycles. The Morgan fingerprint density at radius 1 is 1.36 bits per heavy atom. The number of halogens is 1. The van der Waals surface area contributed by atoms with Gasteiger partial charge < -0.3 is 19.7 Å². The third kappa shape index (κ3) is 4.10. The second-order valence-electron chi connectivity index (χ2n) is 7.06. The van der Waals surface area contributed by atoms with E-state index < -0.39 is 29.5 Å². The van der Waals surface area contributed by atoms with Crippen molar-refractivity contribution in [3.05, 3.63) is 35.3 Å². The number of aromatic carboxylic acids is 1. The minimum absolute atomic E-state index is 0.0262. The Balaban J connectivity index is 2.35. The van der Waals surface area contributed by atoms with E-state index in [0.717, 1.165) is 5.56 Å². The molecular formula is C18H23FN2O4. The maximum Gasteiger partial charge on any atom is 0.407 e. The minimum atomic E-state index is -1.15. The van der Waals surface area contributed by atoms with E-state index in [1.807, 2.05) is 0 Å². The van der Waals surface area contributed by atoms with Crippen LogP contribution in [0.25, 0.3) is 10.9 Å². The van der Waals surface area contributed by atoms with Crippen LogP contribution in [0.4, 0.5) is 9.18 Å². The Labute approximate surface area is 145 Å². The average molecular weight is 350 g/mol. The van der Waals surface area contributed by atoms with Crippen LogP contribution in [0.2, 0.25) is 0 Å². The van der Waals surface area contributed by atoms with Crippen molar-refractivity contribution in [2.24, 2.45) is 0 Å². The number of hydrogen-bond donors (Lipinski definition) is 2.